The summed E-state index contributed by atoms with van der Waals surface area (Å²) in [5.41, 5.74) is 2.56. The Morgan fingerprint density at radius 1 is 1.19 bits per heavy atom. The van der Waals surface area contributed by atoms with E-state index >= 15 is 0 Å². The highest BCUT2D eigenvalue weighted by atomic mass is 16.5. The first-order valence-corrected chi connectivity index (χ1v) is 7.85. The van der Waals surface area contributed by atoms with Crippen molar-refractivity contribution in [2.75, 3.05) is 0 Å². The van der Waals surface area contributed by atoms with Gasteiger partial charge in [-0.2, -0.15) is 0 Å². The van der Waals surface area contributed by atoms with Gasteiger partial charge in [0, 0.05) is 18.2 Å². The summed E-state index contributed by atoms with van der Waals surface area (Å²) in [7, 11) is 0. The summed E-state index contributed by atoms with van der Waals surface area (Å²) in [6, 6.07) is 11.1. The molecule has 2 aromatic rings. The maximum absolute atomic E-state index is 5.83. The molecule has 1 fully saturated rings. The van der Waals surface area contributed by atoms with E-state index in [1.165, 1.54) is 30.4 Å². The van der Waals surface area contributed by atoms with E-state index in [0.717, 1.165) is 24.5 Å². The fraction of sp³-hybridized carbons (Fsp3) is 0.444. The molecule has 1 saturated carbocycles. The van der Waals surface area contributed by atoms with Crippen LogP contribution in [0.1, 0.15) is 43.1 Å². The number of hydrogen-bond acceptors (Lipinski definition) is 3. The van der Waals surface area contributed by atoms with E-state index in [-0.39, 0.29) is 0 Å². The summed E-state index contributed by atoms with van der Waals surface area (Å²) >= 11 is 0. The molecule has 1 aromatic carbocycles. The van der Waals surface area contributed by atoms with Gasteiger partial charge < -0.3 is 14.5 Å². The van der Waals surface area contributed by atoms with Crippen LogP contribution in [-0.4, -0.2) is 6.04 Å². The van der Waals surface area contributed by atoms with Crippen LogP contribution in [0.15, 0.2) is 41.0 Å². The summed E-state index contributed by atoms with van der Waals surface area (Å²) in [6.07, 6.45) is 6.63. The second kappa shape index (κ2) is 6.81. The maximum atomic E-state index is 5.83. The van der Waals surface area contributed by atoms with E-state index in [2.05, 4.69) is 24.4 Å². The summed E-state index contributed by atoms with van der Waals surface area (Å²) in [6.45, 7) is 3.55. The number of aryl methyl sites for hydroxylation is 1. The summed E-state index contributed by atoms with van der Waals surface area (Å²) < 4.78 is 11.4. The van der Waals surface area contributed by atoms with Crippen LogP contribution >= 0.6 is 0 Å². The predicted molar refractivity (Wildman–Crippen MR) is 83.3 cm³/mol. The molecule has 1 aliphatic rings. The van der Waals surface area contributed by atoms with Crippen LogP contribution in [0, 0.1) is 0 Å². The molecule has 0 aliphatic heterocycles. The minimum Gasteiger partial charge on any atom is -0.486 e. The number of rotatable bonds is 8. The Balaban J connectivity index is 1.53. The highest BCUT2D eigenvalue weighted by Gasteiger charge is 2.20. The second-order valence-electron chi connectivity index (χ2n) is 5.71. The minimum absolute atomic E-state index is 0.488. The van der Waals surface area contributed by atoms with Gasteiger partial charge in [-0.3, -0.25) is 0 Å². The SMILES string of the molecule is CCCc1ccc(OCc2occc2CNC2CC2)cc1. The molecule has 0 spiro atoms. The van der Waals surface area contributed by atoms with Crippen molar-refractivity contribution in [3.05, 3.63) is 53.5 Å². The van der Waals surface area contributed by atoms with Crippen molar-refractivity contribution in [3.63, 3.8) is 0 Å². The molecule has 0 unspecified atom stereocenters. The molecule has 3 rings (SSSR count). The van der Waals surface area contributed by atoms with Crippen LogP contribution in [-0.2, 0) is 19.6 Å². The van der Waals surface area contributed by atoms with E-state index in [4.69, 9.17) is 9.15 Å². The Hall–Kier alpha value is -1.74. The van der Waals surface area contributed by atoms with Gasteiger partial charge in [0.15, 0.2) is 0 Å². The van der Waals surface area contributed by atoms with E-state index in [9.17, 15) is 0 Å². The normalized spacial score (nSPS) is 14.3. The molecular weight excluding hydrogens is 262 g/mol. The summed E-state index contributed by atoms with van der Waals surface area (Å²) in [5, 5.41) is 3.50. The average Bonchev–Trinajstić information content (AvgIpc) is 3.23. The second-order valence-corrected chi connectivity index (χ2v) is 5.71. The number of benzene rings is 1. The molecule has 1 aliphatic carbocycles. The van der Waals surface area contributed by atoms with Gasteiger partial charge in [0.1, 0.15) is 18.1 Å². The first-order chi connectivity index (χ1) is 10.3. The Morgan fingerprint density at radius 3 is 2.71 bits per heavy atom. The van der Waals surface area contributed by atoms with Gasteiger partial charge >= 0.3 is 0 Å². The molecule has 3 nitrogen and oxygen atoms in total. The highest BCUT2D eigenvalue weighted by molar-refractivity contribution is 5.28. The lowest BCUT2D eigenvalue weighted by Gasteiger charge is -2.08. The lowest BCUT2D eigenvalue weighted by Crippen LogP contribution is -2.16. The van der Waals surface area contributed by atoms with Crippen LogP contribution in [0.3, 0.4) is 0 Å². The fourth-order valence-corrected chi connectivity index (χ4v) is 2.38. The smallest absolute Gasteiger partial charge is 0.146 e. The largest absolute Gasteiger partial charge is 0.486 e. The predicted octanol–water partition coefficient (Wildman–Crippen LogP) is 4.06. The molecule has 21 heavy (non-hydrogen) atoms. The topological polar surface area (TPSA) is 34.4 Å². The van der Waals surface area contributed by atoms with Crippen LogP contribution in [0.25, 0.3) is 0 Å². The molecule has 0 atom stereocenters. The third-order valence-corrected chi connectivity index (χ3v) is 3.83. The van der Waals surface area contributed by atoms with Crippen LogP contribution in [0.4, 0.5) is 0 Å². The minimum atomic E-state index is 0.488. The lowest BCUT2D eigenvalue weighted by molar-refractivity contribution is 0.268. The van der Waals surface area contributed by atoms with E-state index in [1.807, 2.05) is 18.2 Å². The zero-order valence-corrected chi connectivity index (χ0v) is 12.6. The number of ether oxygens (including phenoxy) is 1. The van der Waals surface area contributed by atoms with Gasteiger partial charge in [-0.15, -0.1) is 0 Å². The van der Waals surface area contributed by atoms with Crippen molar-refractivity contribution in [2.24, 2.45) is 0 Å². The molecule has 0 bridgehead atoms. The van der Waals surface area contributed by atoms with Crippen molar-refractivity contribution in [3.8, 4) is 5.75 Å². The Morgan fingerprint density at radius 2 is 2.00 bits per heavy atom. The first kappa shape index (κ1) is 14.2. The summed E-state index contributed by atoms with van der Waals surface area (Å²) in [4.78, 5) is 0. The van der Waals surface area contributed by atoms with Gasteiger partial charge in [-0.25, -0.2) is 0 Å². The Bertz CT molecular complexity index is 555. The van der Waals surface area contributed by atoms with Crippen LogP contribution < -0.4 is 10.1 Å². The Kier molecular flexibility index (Phi) is 4.61. The standard InChI is InChI=1S/C18H23NO2/c1-2-3-14-4-8-17(9-5-14)21-13-18-15(10-11-20-18)12-19-16-6-7-16/h4-5,8-11,16,19H,2-3,6-7,12-13H2,1H3. The molecule has 0 saturated heterocycles. The van der Waals surface area contributed by atoms with Crippen LogP contribution in [0.5, 0.6) is 5.75 Å². The van der Waals surface area contributed by atoms with E-state index < -0.39 is 0 Å². The molecule has 1 N–H and O–H groups in total. The molecule has 1 aromatic heterocycles. The first-order valence-electron chi connectivity index (χ1n) is 7.85. The van der Waals surface area contributed by atoms with E-state index in [0.29, 0.717) is 12.6 Å². The van der Waals surface area contributed by atoms with Crippen molar-refractivity contribution >= 4 is 0 Å². The summed E-state index contributed by atoms with van der Waals surface area (Å²) in [5.74, 6) is 1.81. The average molecular weight is 285 g/mol. The van der Waals surface area contributed by atoms with Gasteiger partial charge in [-0.1, -0.05) is 25.5 Å². The van der Waals surface area contributed by atoms with Gasteiger partial charge in [0.05, 0.1) is 6.26 Å². The van der Waals surface area contributed by atoms with E-state index in [1.54, 1.807) is 6.26 Å². The number of hydrogen-bond donors (Lipinski definition) is 1. The fourth-order valence-electron chi connectivity index (χ4n) is 2.38. The maximum Gasteiger partial charge on any atom is 0.146 e. The van der Waals surface area contributed by atoms with Gasteiger partial charge in [-0.05, 0) is 43.0 Å². The zero-order chi connectivity index (χ0) is 14.5. The monoisotopic (exact) mass is 285 g/mol. The van der Waals surface area contributed by atoms with Crippen LogP contribution in [0.2, 0.25) is 0 Å². The number of furan rings is 1. The lowest BCUT2D eigenvalue weighted by atomic mass is 10.1. The molecule has 112 valence electrons. The molecule has 1 heterocycles. The van der Waals surface area contributed by atoms with Crippen molar-refractivity contribution in [1.29, 1.82) is 0 Å². The molecule has 0 radical (unpaired) electrons. The number of nitrogens with one attached hydrogen (secondary N) is 1. The molecule has 0 amide bonds. The van der Waals surface area contributed by atoms with Crippen molar-refractivity contribution in [2.45, 2.75) is 51.8 Å². The zero-order valence-electron chi connectivity index (χ0n) is 12.6. The molecular formula is C18H23NO2. The van der Waals surface area contributed by atoms with Crippen molar-refractivity contribution in [1.82, 2.24) is 5.32 Å². The highest BCUT2D eigenvalue weighted by Crippen LogP contribution is 2.21. The molecule has 3 heteroatoms. The third-order valence-electron chi connectivity index (χ3n) is 3.83. The Labute approximate surface area is 126 Å². The third kappa shape index (κ3) is 4.11. The van der Waals surface area contributed by atoms with Crippen molar-refractivity contribution < 1.29 is 9.15 Å². The quantitative estimate of drug-likeness (QED) is 0.794. The van der Waals surface area contributed by atoms with Gasteiger partial charge in [0.2, 0.25) is 0 Å². The van der Waals surface area contributed by atoms with Gasteiger partial charge in [0.25, 0.3) is 0 Å².